The van der Waals surface area contributed by atoms with Crippen LogP contribution < -0.4 is 0 Å². The summed E-state index contributed by atoms with van der Waals surface area (Å²) in [5.41, 5.74) is 1.82. The van der Waals surface area contributed by atoms with Gasteiger partial charge in [0.15, 0.2) is 0 Å². The van der Waals surface area contributed by atoms with Crippen molar-refractivity contribution >= 4 is 16.9 Å². The molecule has 0 aliphatic rings. The number of rotatable bonds is 3. The molecule has 1 aromatic heterocycles. The van der Waals surface area contributed by atoms with Gasteiger partial charge < -0.3 is 5.11 Å². The third-order valence-corrected chi connectivity index (χ3v) is 2.42. The molecule has 0 spiro atoms. The van der Waals surface area contributed by atoms with Crippen LogP contribution in [0.2, 0.25) is 0 Å². The van der Waals surface area contributed by atoms with E-state index >= 15 is 0 Å². The molecule has 2 aromatic rings. The third-order valence-electron chi connectivity index (χ3n) is 2.42. The summed E-state index contributed by atoms with van der Waals surface area (Å²) in [5.74, 6) is -0.813. The monoisotopic (exact) mass is 204 g/mol. The highest BCUT2D eigenvalue weighted by Crippen LogP contribution is 2.18. The maximum atomic E-state index is 10.7. The fraction of sp³-hybridized carbons (Fsp3) is 0.273. The third kappa shape index (κ3) is 1.70. The lowest BCUT2D eigenvalue weighted by Crippen LogP contribution is -2.00. The second kappa shape index (κ2) is 3.73. The lowest BCUT2D eigenvalue weighted by molar-refractivity contribution is -0.136. The highest BCUT2D eigenvalue weighted by Gasteiger charge is 2.08. The number of carboxylic acid groups (broad SMARTS) is 1. The van der Waals surface area contributed by atoms with Crippen LogP contribution in [0.5, 0.6) is 0 Å². The van der Waals surface area contributed by atoms with E-state index in [0.29, 0.717) is 0 Å². The molecule has 15 heavy (non-hydrogen) atoms. The van der Waals surface area contributed by atoms with E-state index in [-0.39, 0.29) is 6.42 Å². The Morgan fingerprint density at radius 3 is 3.00 bits per heavy atom. The average molecular weight is 204 g/mol. The van der Waals surface area contributed by atoms with E-state index in [0.717, 1.165) is 23.0 Å². The standard InChI is InChI=1S/C11H12N2O2/c1-2-13-10-5-3-4-8(6-11(14)15)9(10)7-12-13/h3-5,7H,2,6H2,1H3,(H,14,15). The van der Waals surface area contributed by atoms with Crippen LogP contribution in [0.1, 0.15) is 12.5 Å². The van der Waals surface area contributed by atoms with Gasteiger partial charge in [-0.05, 0) is 18.6 Å². The molecule has 78 valence electrons. The van der Waals surface area contributed by atoms with E-state index in [1.807, 2.05) is 29.8 Å². The van der Waals surface area contributed by atoms with Crippen molar-refractivity contribution < 1.29 is 9.90 Å². The fourth-order valence-electron chi connectivity index (χ4n) is 1.73. The first-order valence-electron chi connectivity index (χ1n) is 4.87. The minimum absolute atomic E-state index is 0.0484. The molecule has 0 bridgehead atoms. The van der Waals surface area contributed by atoms with Gasteiger partial charge in [0.25, 0.3) is 0 Å². The van der Waals surface area contributed by atoms with Crippen LogP contribution in [-0.2, 0) is 17.8 Å². The Labute approximate surface area is 87.1 Å². The zero-order chi connectivity index (χ0) is 10.8. The van der Waals surface area contributed by atoms with Crippen LogP contribution in [0.3, 0.4) is 0 Å². The van der Waals surface area contributed by atoms with E-state index in [2.05, 4.69) is 5.10 Å². The van der Waals surface area contributed by atoms with Crippen LogP contribution in [-0.4, -0.2) is 20.9 Å². The summed E-state index contributed by atoms with van der Waals surface area (Å²) in [4.78, 5) is 10.7. The van der Waals surface area contributed by atoms with Crippen molar-refractivity contribution in [2.45, 2.75) is 19.9 Å². The summed E-state index contributed by atoms with van der Waals surface area (Å²) in [6, 6.07) is 5.66. The molecule has 1 heterocycles. The summed E-state index contributed by atoms with van der Waals surface area (Å²) < 4.78 is 1.86. The van der Waals surface area contributed by atoms with E-state index < -0.39 is 5.97 Å². The molecule has 0 aliphatic carbocycles. The number of nitrogens with zero attached hydrogens (tertiary/aromatic N) is 2. The van der Waals surface area contributed by atoms with Gasteiger partial charge >= 0.3 is 5.97 Å². The van der Waals surface area contributed by atoms with E-state index in [4.69, 9.17) is 5.11 Å². The lowest BCUT2D eigenvalue weighted by atomic mass is 10.1. The van der Waals surface area contributed by atoms with Gasteiger partial charge in [-0.3, -0.25) is 9.48 Å². The Kier molecular flexibility index (Phi) is 2.41. The number of aryl methyl sites for hydroxylation is 1. The molecule has 4 nitrogen and oxygen atoms in total. The van der Waals surface area contributed by atoms with Crippen molar-refractivity contribution in [3.63, 3.8) is 0 Å². The van der Waals surface area contributed by atoms with Crippen molar-refractivity contribution in [2.75, 3.05) is 0 Å². The first kappa shape index (κ1) is 9.71. The van der Waals surface area contributed by atoms with Gasteiger partial charge in [0.05, 0.1) is 18.1 Å². The van der Waals surface area contributed by atoms with Crippen molar-refractivity contribution in [3.05, 3.63) is 30.0 Å². The highest BCUT2D eigenvalue weighted by atomic mass is 16.4. The molecule has 0 radical (unpaired) electrons. The van der Waals surface area contributed by atoms with Crippen molar-refractivity contribution in [1.29, 1.82) is 0 Å². The molecule has 1 N–H and O–H groups in total. The number of carbonyl (C=O) groups is 1. The quantitative estimate of drug-likeness (QED) is 0.827. The molecular formula is C11H12N2O2. The first-order valence-corrected chi connectivity index (χ1v) is 4.87. The molecular weight excluding hydrogens is 192 g/mol. The molecule has 0 saturated heterocycles. The predicted octanol–water partition coefficient (Wildman–Crippen LogP) is 1.68. The van der Waals surface area contributed by atoms with Gasteiger partial charge in [0.1, 0.15) is 0 Å². The van der Waals surface area contributed by atoms with Crippen LogP contribution in [0, 0.1) is 0 Å². The van der Waals surface area contributed by atoms with Gasteiger partial charge in [-0.2, -0.15) is 5.10 Å². The number of fused-ring (bicyclic) bond motifs is 1. The molecule has 0 aliphatic heterocycles. The Balaban J connectivity index is 2.56. The largest absolute Gasteiger partial charge is 0.481 e. The molecule has 0 atom stereocenters. The topological polar surface area (TPSA) is 55.1 Å². The van der Waals surface area contributed by atoms with E-state index in [1.165, 1.54) is 0 Å². The number of aliphatic carboxylic acids is 1. The molecule has 1 aromatic carbocycles. The molecule has 4 heteroatoms. The SMILES string of the molecule is CCn1ncc2c(CC(=O)O)cccc21. The second-order valence-corrected chi connectivity index (χ2v) is 3.38. The summed E-state index contributed by atoms with van der Waals surface area (Å²) in [5, 5.41) is 13.9. The second-order valence-electron chi connectivity index (χ2n) is 3.38. The van der Waals surface area contributed by atoms with E-state index in [1.54, 1.807) is 6.20 Å². The van der Waals surface area contributed by atoms with Crippen molar-refractivity contribution in [3.8, 4) is 0 Å². The normalized spacial score (nSPS) is 10.7. The summed E-state index contributed by atoms with van der Waals surface area (Å²) in [7, 11) is 0. The number of benzene rings is 1. The molecule has 2 rings (SSSR count). The smallest absolute Gasteiger partial charge is 0.307 e. The zero-order valence-electron chi connectivity index (χ0n) is 8.47. The summed E-state index contributed by atoms with van der Waals surface area (Å²) in [6.45, 7) is 2.80. The van der Waals surface area contributed by atoms with Crippen molar-refractivity contribution in [2.24, 2.45) is 0 Å². The van der Waals surface area contributed by atoms with Crippen LogP contribution in [0.25, 0.3) is 10.9 Å². The van der Waals surface area contributed by atoms with Crippen molar-refractivity contribution in [1.82, 2.24) is 9.78 Å². The van der Waals surface area contributed by atoms with Crippen LogP contribution >= 0.6 is 0 Å². The fourth-order valence-corrected chi connectivity index (χ4v) is 1.73. The number of carboxylic acids is 1. The maximum absolute atomic E-state index is 10.7. The number of aromatic nitrogens is 2. The Morgan fingerprint density at radius 1 is 1.53 bits per heavy atom. The maximum Gasteiger partial charge on any atom is 0.307 e. The van der Waals surface area contributed by atoms with Gasteiger partial charge in [-0.25, -0.2) is 0 Å². The Morgan fingerprint density at radius 2 is 2.33 bits per heavy atom. The Bertz CT molecular complexity index is 502. The van der Waals surface area contributed by atoms with Crippen LogP contribution in [0.15, 0.2) is 24.4 Å². The predicted molar refractivity (Wildman–Crippen MR) is 56.7 cm³/mol. The summed E-state index contributed by atoms with van der Waals surface area (Å²) >= 11 is 0. The van der Waals surface area contributed by atoms with E-state index in [9.17, 15) is 4.79 Å². The number of hydrogen-bond donors (Lipinski definition) is 1. The zero-order valence-corrected chi connectivity index (χ0v) is 8.47. The molecule has 0 fully saturated rings. The average Bonchev–Trinajstić information content (AvgIpc) is 2.61. The molecule has 0 unspecified atom stereocenters. The van der Waals surface area contributed by atoms with Gasteiger partial charge in [-0.1, -0.05) is 12.1 Å². The van der Waals surface area contributed by atoms with Gasteiger partial charge in [0.2, 0.25) is 0 Å². The first-order chi connectivity index (χ1) is 7.22. The summed E-state index contributed by atoms with van der Waals surface area (Å²) in [6.07, 6.45) is 1.78. The van der Waals surface area contributed by atoms with Gasteiger partial charge in [0, 0.05) is 11.9 Å². The molecule has 0 amide bonds. The van der Waals surface area contributed by atoms with Crippen LogP contribution in [0.4, 0.5) is 0 Å². The molecule has 0 saturated carbocycles. The number of hydrogen-bond acceptors (Lipinski definition) is 2. The van der Waals surface area contributed by atoms with Gasteiger partial charge in [-0.15, -0.1) is 0 Å². The minimum atomic E-state index is -0.813. The highest BCUT2D eigenvalue weighted by molar-refractivity contribution is 5.86. The lowest BCUT2D eigenvalue weighted by Gasteiger charge is -2.01. The minimum Gasteiger partial charge on any atom is -0.481 e. The Hall–Kier alpha value is -1.84.